The summed E-state index contributed by atoms with van der Waals surface area (Å²) in [6, 6.07) is 3.23. The normalized spacial score (nSPS) is 10.4. The second-order valence-corrected chi connectivity index (χ2v) is 4.02. The lowest BCUT2D eigenvalue weighted by Gasteiger charge is -2.07. The molecule has 0 bridgehead atoms. The highest BCUT2D eigenvalue weighted by atomic mass is 35.5. The summed E-state index contributed by atoms with van der Waals surface area (Å²) in [4.78, 5) is 0. The maximum Gasteiger partial charge on any atom is 0.184 e. The number of ether oxygens (including phenoxy) is 1. The molecule has 4 nitrogen and oxygen atoms in total. The fourth-order valence-electron chi connectivity index (χ4n) is 1.02. The lowest BCUT2D eigenvalue weighted by atomic mass is 10.2. The van der Waals surface area contributed by atoms with E-state index in [0.29, 0.717) is 21.4 Å². The van der Waals surface area contributed by atoms with Crippen LogP contribution in [0.25, 0.3) is 0 Å². The van der Waals surface area contributed by atoms with Crippen molar-refractivity contribution in [1.29, 1.82) is 0 Å². The number of nitrogens with two attached hydrogens (primary N) is 1. The van der Waals surface area contributed by atoms with Crippen molar-refractivity contribution in [3.63, 3.8) is 0 Å². The van der Waals surface area contributed by atoms with Crippen molar-refractivity contribution in [1.82, 2.24) is 5.43 Å². The van der Waals surface area contributed by atoms with Gasteiger partial charge in [0, 0.05) is 5.02 Å². The van der Waals surface area contributed by atoms with Gasteiger partial charge in [0.15, 0.2) is 5.11 Å². The summed E-state index contributed by atoms with van der Waals surface area (Å²) in [7, 11) is 1.51. The number of hydrogen-bond donors (Lipinski definition) is 2. The number of rotatable bonds is 3. The van der Waals surface area contributed by atoms with Crippen molar-refractivity contribution in [2.75, 3.05) is 7.11 Å². The van der Waals surface area contributed by atoms with Crippen molar-refractivity contribution in [2.45, 2.75) is 0 Å². The number of nitrogens with one attached hydrogen (secondary N) is 1. The highest BCUT2D eigenvalue weighted by molar-refractivity contribution is 7.80. The largest absolute Gasteiger partial charge is 0.496 e. The van der Waals surface area contributed by atoms with E-state index in [9.17, 15) is 0 Å². The quantitative estimate of drug-likeness (QED) is 0.505. The number of thiocarbonyl (C=S) groups is 1. The first-order valence-electron chi connectivity index (χ1n) is 4.16. The van der Waals surface area contributed by atoms with Gasteiger partial charge in [-0.1, -0.05) is 23.2 Å². The van der Waals surface area contributed by atoms with Crippen LogP contribution in [0, 0.1) is 0 Å². The maximum atomic E-state index is 5.98. The van der Waals surface area contributed by atoms with Gasteiger partial charge in [-0.05, 0) is 24.4 Å². The van der Waals surface area contributed by atoms with Crippen molar-refractivity contribution < 1.29 is 4.74 Å². The number of halogens is 2. The SMILES string of the molecule is COc1cc(Cl)cc(Cl)c1C=NNC(N)=S. The van der Waals surface area contributed by atoms with Gasteiger partial charge in [0.25, 0.3) is 0 Å². The Morgan fingerprint density at radius 1 is 1.56 bits per heavy atom. The number of benzene rings is 1. The smallest absolute Gasteiger partial charge is 0.184 e. The van der Waals surface area contributed by atoms with E-state index in [4.69, 9.17) is 33.7 Å². The summed E-state index contributed by atoms with van der Waals surface area (Å²) >= 11 is 16.4. The molecule has 0 unspecified atom stereocenters. The molecule has 0 heterocycles. The third-order valence-corrected chi connectivity index (χ3v) is 2.27. The summed E-state index contributed by atoms with van der Waals surface area (Å²) in [6.45, 7) is 0. The molecule has 16 heavy (non-hydrogen) atoms. The minimum absolute atomic E-state index is 0.0697. The Morgan fingerprint density at radius 3 is 2.81 bits per heavy atom. The molecule has 0 aliphatic heterocycles. The maximum absolute atomic E-state index is 5.98. The van der Waals surface area contributed by atoms with Crippen molar-refractivity contribution in [2.24, 2.45) is 10.8 Å². The zero-order valence-electron chi connectivity index (χ0n) is 8.33. The van der Waals surface area contributed by atoms with E-state index in [1.807, 2.05) is 0 Å². The highest BCUT2D eigenvalue weighted by Gasteiger charge is 2.07. The van der Waals surface area contributed by atoms with Gasteiger partial charge in [-0.25, -0.2) is 0 Å². The van der Waals surface area contributed by atoms with Crippen LogP contribution in [0.3, 0.4) is 0 Å². The fraction of sp³-hybridized carbons (Fsp3) is 0.111. The van der Waals surface area contributed by atoms with Crippen LogP contribution >= 0.6 is 35.4 Å². The standard InChI is InChI=1S/C9H9Cl2N3OS/c1-15-8-3-5(10)2-7(11)6(8)4-13-14-9(12)16/h2-4H,1H3,(H3,12,14,16). The minimum atomic E-state index is 0.0697. The van der Waals surface area contributed by atoms with Crippen molar-refractivity contribution in [3.05, 3.63) is 27.7 Å². The van der Waals surface area contributed by atoms with Crippen LogP contribution in [-0.4, -0.2) is 18.4 Å². The molecule has 7 heteroatoms. The summed E-state index contributed by atoms with van der Waals surface area (Å²) in [6.07, 6.45) is 1.46. The first kappa shape index (κ1) is 13.0. The van der Waals surface area contributed by atoms with Crippen LogP contribution in [0.15, 0.2) is 17.2 Å². The molecule has 1 aromatic carbocycles. The van der Waals surface area contributed by atoms with Crippen LogP contribution in [0.5, 0.6) is 5.75 Å². The van der Waals surface area contributed by atoms with Crippen molar-refractivity contribution >= 4 is 46.7 Å². The Hall–Kier alpha value is -1.04. The Morgan fingerprint density at radius 2 is 2.25 bits per heavy atom. The Labute approximate surface area is 108 Å². The topological polar surface area (TPSA) is 59.6 Å². The van der Waals surface area contributed by atoms with Crippen LogP contribution in [0.1, 0.15) is 5.56 Å². The second-order valence-electron chi connectivity index (χ2n) is 2.74. The third kappa shape index (κ3) is 3.52. The number of nitrogens with zero attached hydrogens (tertiary/aromatic N) is 1. The predicted octanol–water partition coefficient (Wildman–Crippen LogP) is 2.17. The highest BCUT2D eigenvalue weighted by Crippen LogP contribution is 2.29. The molecule has 0 aromatic heterocycles. The minimum Gasteiger partial charge on any atom is -0.496 e. The van der Waals surface area contributed by atoms with Gasteiger partial charge in [0.2, 0.25) is 0 Å². The third-order valence-electron chi connectivity index (χ3n) is 1.64. The molecular weight excluding hydrogens is 269 g/mol. The average molecular weight is 278 g/mol. The van der Waals surface area contributed by atoms with Gasteiger partial charge >= 0.3 is 0 Å². The van der Waals surface area contributed by atoms with Gasteiger partial charge in [-0.15, -0.1) is 0 Å². The van der Waals surface area contributed by atoms with Gasteiger partial charge in [-0.3, -0.25) is 5.43 Å². The number of hydrogen-bond acceptors (Lipinski definition) is 3. The zero-order chi connectivity index (χ0) is 12.1. The summed E-state index contributed by atoms with van der Waals surface area (Å²) in [5, 5.41) is 4.78. The van der Waals surface area contributed by atoms with E-state index in [0.717, 1.165) is 0 Å². The summed E-state index contributed by atoms with van der Waals surface area (Å²) in [5.74, 6) is 0.519. The number of hydrazone groups is 1. The molecular formula is C9H9Cl2N3OS. The molecule has 0 amide bonds. The van der Waals surface area contributed by atoms with Gasteiger partial charge < -0.3 is 10.5 Å². The first-order chi connectivity index (χ1) is 7.54. The molecule has 0 atom stereocenters. The number of methoxy groups -OCH3 is 1. The van der Waals surface area contributed by atoms with Crippen LogP contribution in [-0.2, 0) is 0 Å². The average Bonchev–Trinajstić information content (AvgIpc) is 2.20. The van der Waals surface area contributed by atoms with Crippen LogP contribution in [0.2, 0.25) is 10.0 Å². The van der Waals surface area contributed by atoms with E-state index in [2.05, 4.69) is 22.7 Å². The first-order valence-corrected chi connectivity index (χ1v) is 5.32. The van der Waals surface area contributed by atoms with Gasteiger partial charge in [0.1, 0.15) is 5.75 Å². The van der Waals surface area contributed by atoms with Crippen LogP contribution in [0.4, 0.5) is 0 Å². The molecule has 1 aromatic rings. The van der Waals surface area contributed by atoms with Gasteiger partial charge in [-0.2, -0.15) is 5.10 Å². The lowest BCUT2D eigenvalue weighted by Crippen LogP contribution is -2.24. The predicted molar refractivity (Wildman–Crippen MR) is 70.5 cm³/mol. The molecule has 0 radical (unpaired) electrons. The van der Waals surface area contributed by atoms with E-state index in [-0.39, 0.29) is 5.11 Å². The Bertz CT molecular complexity index is 437. The molecule has 0 saturated heterocycles. The summed E-state index contributed by atoms with van der Waals surface area (Å²) in [5.41, 5.74) is 8.22. The Kier molecular flexibility index (Phi) is 4.79. The molecule has 0 fully saturated rings. The van der Waals surface area contributed by atoms with E-state index >= 15 is 0 Å². The fourth-order valence-corrected chi connectivity index (χ4v) is 1.59. The van der Waals surface area contributed by atoms with Gasteiger partial charge in [0.05, 0.1) is 23.9 Å². The molecule has 1 rings (SSSR count). The Balaban J connectivity index is 3.02. The molecule has 3 N–H and O–H groups in total. The molecule has 0 spiro atoms. The van der Waals surface area contributed by atoms with Crippen molar-refractivity contribution in [3.8, 4) is 5.75 Å². The van der Waals surface area contributed by atoms with E-state index < -0.39 is 0 Å². The molecule has 0 saturated carbocycles. The van der Waals surface area contributed by atoms with E-state index in [1.165, 1.54) is 13.3 Å². The molecule has 0 aliphatic rings. The van der Waals surface area contributed by atoms with Crippen LogP contribution < -0.4 is 15.9 Å². The lowest BCUT2D eigenvalue weighted by molar-refractivity contribution is 0.414. The zero-order valence-corrected chi connectivity index (χ0v) is 10.7. The monoisotopic (exact) mass is 277 g/mol. The summed E-state index contributed by atoms with van der Waals surface area (Å²) < 4.78 is 5.11. The molecule has 86 valence electrons. The van der Waals surface area contributed by atoms with E-state index in [1.54, 1.807) is 12.1 Å². The molecule has 0 aliphatic carbocycles. The second kappa shape index (κ2) is 5.89.